The van der Waals surface area contributed by atoms with Gasteiger partial charge in [0.25, 0.3) is 0 Å². The van der Waals surface area contributed by atoms with E-state index in [-0.39, 0.29) is 5.82 Å². The molecule has 0 aliphatic rings. The third kappa shape index (κ3) is 2.98. The molecule has 0 saturated carbocycles. The zero-order valence-corrected chi connectivity index (χ0v) is 11.8. The molecule has 0 unspecified atom stereocenters. The Labute approximate surface area is 112 Å². The van der Waals surface area contributed by atoms with Crippen LogP contribution in [0.1, 0.15) is 24.3 Å². The molecule has 3 heteroatoms. The number of halogens is 1. The predicted octanol–water partition coefficient (Wildman–Crippen LogP) is 4.36. The van der Waals surface area contributed by atoms with E-state index >= 15 is 0 Å². The van der Waals surface area contributed by atoms with Gasteiger partial charge in [-0.1, -0.05) is 26.0 Å². The Bertz CT molecular complexity index is 531. The first-order chi connectivity index (χ1) is 8.58. The van der Waals surface area contributed by atoms with Crippen molar-refractivity contribution in [1.29, 1.82) is 0 Å². The zero-order chi connectivity index (χ0) is 13.1. The maximum atomic E-state index is 13.3. The van der Waals surface area contributed by atoms with Crippen molar-refractivity contribution >= 4 is 11.3 Å². The van der Waals surface area contributed by atoms with E-state index in [1.165, 1.54) is 22.1 Å². The fourth-order valence-corrected chi connectivity index (χ4v) is 2.87. The van der Waals surface area contributed by atoms with Crippen molar-refractivity contribution in [2.24, 2.45) is 0 Å². The topological polar surface area (TPSA) is 12.0 Å². The maximum absolute atomic E-state index is 13.3. The number of aryl methyl sites for hydroxylation is 1. The van der Waals surface area contributed by atoms with Crippen LogP contribution < -0.4 is 5.32 Å². The van der Waals surface area contributed by atoms with Crippen molar-refractivity contribution in [3.63, 3.8) is 0 Å². The molecule has 0 bridgehead atoms. The van der Waals surface area contributed by atoms with Crippen molar-refractivity contribution in [3.8, 4) is 11.1 Å². The fraction of sp³-hybridized carbons (Fsp3) is 0.333. The minimum Gasteiger partial charge on any atom is -0.310 e. The monoisotopic (exact) mass is 263 g/mol. The molecule has 0 spiro atoms. The van der Waals surface area contributed by atoms with Crippen LogP contribution in [0.4, 0.5) is 4.39 Å². The molecule has 0 aliphatic carbocycles. The molecule has 1 heterocycles. The Morgan fingerprint density at radius 3 is 2.78 bits per heavy atom. The van der Waals surface area contributed by atoms with Gasteiger partial charge in [0.15, 0.2) is 0 Å². The number of rotatable bonds is 4. The van der Waals surface area contributed by atoms with Gasteiger partial charge in [-0.15, -0.1) is 11.3 Å². The van der Waals surface area contributed by atoms with E-state index in [4.69, 9.17) is 0 Å². The van der Waals surface area contributed by atoms with Gasteiger partial charge in [-0.25, -0.2) is 4.39 Å². The number of thiophene rings is 1. The summed E-state index contributed by atoms with van der Waals surface area (Å²) in [5.74, 6) is -0.180. The fourth-order valence-electron chi connectivity index (χ4n) is 1.98. The van der Waals surface area contributed by atoms with Crippen molar-refractivity contribution in [2.45, 2.75) is 33.4 Å². The van der Waals surface area contributed by atoms with Crippen LogP contribution >= 0.6 is 11.3 Å². The summed E-state index contributed by atoms with van der Waals surface area (Å²) in [6.45, 7) is 7.17. The molecule has 1 aromatic carbocycles. The lowest BCUT2D eigenvalue weighted by Crippen LogP contribution is -2.21. The molecular formula is C15H18FNS. The van der Waals surface area contributed by atoms with Gasteiger partial charge in [0.1, 0.15) is 5.82 Å². The lowest BCUT2D eigenvalue weighted by atomic mass is 10.0. The van der Waals surface area contributed by atoms with Crippen molar-refractivity contribution < 1.29 is 4.39 Å². The molecule has 1 N–H and O–H groups in total. The number of hydrogen-bond acceptors (Lipinski definition) is 2. The zero-order valence-electron chi connectivity index (χ0n) is 11.0. The van der Waals surface area contributed by atoms with Crippen LogP contribution in [-0.4, -0.2) is 6.04 Å². The third-order valence-electron chi connectivity index (χ3n) is 2.87. The lowest BCUT2D eigenvalue weighted by Gasteiger charge is -2.10. The maximum Gasteiger partial charge on any atom is 0.123 e. The molecule has 0 radical (unpaired) electrons. The second-order valence-electron chi connectivity index (χ2n) is 4.74. The van der Waals surface area contributed by atoms with E-state index in [1.54, 1.807) is 23.5 Å². The van der Waals surface area contributed by atoms with Crippen molar-refractivity contribution in [1.82, 2.24) is 5.32 Å². The smallest absolute Gasteiger partial charge is 0.123 e. The quantitative estimate of drug-likeness (QED) is 0.864. The van der Waals surface area contributed by atoms with E-state index in [1.807, 2.05) is 6.07 Å². The Balaban J connectivity index is 2.34. The van der Waals surface area contributed by atoms with Crippen LogP contribution in [0, 0.1) is 12.7 Å². The van der Waals surface area contributed by atoms with Gasteiger partial charge in [-0.05, 0) is 41.1 Å². The number of benzene rings is 1. The lowest BCUT2D eigenvalue weighted by molar-refractivity contribution is 0.590. The van der Waals surface area contributed by atoms with E-state index in [9.17, 15) is 4.39 Å². The summed E-state index contributed by atoms with van der Waals surface area (Å²) in [4.78, 5) is 1.24. The summed E-state index contributed by atoms with van der Waals surface area (Å²) >= 11 is 1.72. The number of nitrogens with one attached hydrogen (secondary N) is 1. The van der Waals surface area contributed by atoms with E-state index in [0.717, 1.165) is 12.1 Å². The van der Waals surface area contributed by atoms with Crippen LogP contribution in [0.15, 0.2) is 29.6 Å². The molecule has 1 aromatic heterocycles. The van der Waals surface area contributed by atoms with Gasteiger partial charge >= 0.3 is 0 Å². The summed E-state index contributed by atoms with van der Waals surface area (Å²) in [5, 5.41) is 5.57. The van der Waals surface area contributed by atoms with Gasteiger partial charge in [0, 0.05) is 17.5 Å². The summed E-state index contributed by atoms with van der Waals surface area (Å²) in [7, 11) is 0. The highest BCUT2D eigenvalue weighted by atomic mass is 32.1. The summed E-state index contributed by atoms with van der Waals surface area (Å²) < 4.78 is 13.3. The second kappa shape index (κ2) is 5.63. The Hall–Kier alpha value is -1.19. The Kier molecular flexibility index (Phi) is 4.15. The standard InChI is InChI=1S/C15H18FNS/c1-10(2)17-8-13-9-18-11(3)15(13)12-5-4-6-14(16)7-12/h4-7,9-10,17H,8H2,1-3H3. The molecule has 0 amide bonds. The minimum absolute atomic E-state index is 0.180. The molecular weight excluding hydrogens is 245 g/mol. The Morgan fingerprint density at radius 1 is 1.33 bits per heavy atom. The van der Waals surface area contributed by atoms with Gasteiger partial charge < -0.3 is 5.32 Å². The van der Waals surface area contributed by atoms with Gasteiger partial charge in [-0.2, -0.15) is 0 Å². The average Bonchev–Trinajstić information content (AvgIpc) is 2.68. The molecule has 0 aliphatic heterocycles. The second-order valence-corrected chi connectivity index (χ2v) is 5.82. The van der Waals surface area contributed by atoms with Gasteiger partial charge in [0.05, 0.1) is 0 Å². The average molecular weight is 263 g/mol. The highest BCUT2D eigenvalue weighted by Crippen LogP contribution is 2.32. The van der Waals surface area contributed by atoms with E-state index < -0.39 is 0 Å². The van der Waals surface area contributed by atoms with Crippen LogP contribution in [0.25, 0.3) is 11.1 Å². The first-order valence-corrected chi connectivity index (χ1v) is 7.02. The number of hydrogen-bond donors (Lipinski definition) is 1. The predicted molar refractivity (Wildman–Crippen MR) is 76.4 cm³/mol. The van der Waals surface area contributed by atoms with Crippen LogP contribution in [-0.2, 0) is 6.54 Å². The third-order valence-corrected chi connectivity index (χ3v) is 3.83. The summed E-state index contributed by atoms with van der Waals surface area (Å²) in [6, 6.07) is 7.27. The normalized spacial score (nSPS) is 11.2. The van der Waals surface area contributed by atoms with Gasteiger partial charge in [0.2, 0.25) is 0 Å². The summed E-state index contributed by atoms with van der Waals surface area (Å²) in [6.07, 6.45) is 0. The van der Waals surface area contributed by atoms with Crippen LogP contribution in [0.2, 0.25) is 0 Å². The largest absolute Gasteiger partial charge is 0.310 e. The molecule has 18 heavy (non-hydrogen) atoms. The summed E-state index contributed by atoms with van der Waals surface area (Å²) in [5.41, 5.74) is 3.39. The molecule has 0 fully saturated rings. The minimum atomic E-state index is -0.180. The van der Waals surface area contributed by atoms with Crippen LogP contribution in [0.5, 0.6) is 0 Å². The van der Waals surface area contributed by atoms with Crippen molar-refractivity contribution in [3.05, 3.63) is 45.9 Å². The molecule has 2 rings (SSSR count). The van der Waals surface area contributed by atoms with Crippen LogP contribution in [0.3, 0.4) is 0 Å². The highest BCUT2D eigenvalue weighted by Gasteiger charge is 2.11. The van der Waals surface area contributed by atoms with E-state index in [0.29, 0.717) is 6.04 Å². The molecule has 0 atom stereocenters. The first kappa shape index (κ1) is 13.2. The van der Waals surface area contributed by atoms with E-state index in [2.05, 4.69) is 31.5 Å². The van der Waals surface area contributed by atoms with Gasteiger partial charge in [-0.3, -0.25) is 0 Å². The molecule has 2 aromatic rings. The Morgan fingerprint density at radius 2 is 2.11 bits per heavy atom. The molecule has 1 nitrogen and oxygen atoms in total. The first-order valence-electron chi connectivity index (χ1n) is 6.14. The van der Waals surface area contributed by atoms with Crippen molar-refractivity contribution in [2.75, 3.05) is 0 Å². The molecule has 96 valence electrons. The SMILES string of the molecule is Cc1scc(CNC(C)C)c1-c1cccc(F)c1. The highest BCUT2D eigenvalue weighted by molar-refractivity contribution is 7.10. The molecule has 0 saturated heterocycles.